The maximum atomic E-state index is 13.1. The number of hydrogen-bond donors (Lipinski definition) is 2. The Morgan fingerprint density at radius 2 is 1.93 bits per heavy atom. The molecule has 0 unspecified atom stereocenters. The number of amides is 1. The second-order valence-electron chi connectivity index (χ2n) is 6.93. The first-order valence-electron chi connectivity index (χ1n) is 9.93. The largest absolute Gasteiger partial charge is 0.492 e. The Morgan fingerprint density at radius 3 is 2.59 bits per heavy atom. The highest BCUT2D eigenvalue weighted by Crippen LogP contribution is 2.29. The summed E-state index contributed by atoms with van der Waals surface area (Å²) in [6, 6.07) is 11.7. The molecule has 0 saturated carbocycles. The number of nitro groups is 1. The summed E-state index contributed by atoms with van der Waals surface area (Å²) in [5.41, 5.74) is 1.45. The highest BCUT2D eigenvalue weighted by Gasteiger charge is 2.25. The number of benzene rings is 2. The molecule has 29 heavy (non-hydrogen) atoms. The summed E-state index contributed by atoms with van der Waals surface area (Å²) >= 11 is 0. The number of hydrogen-bond acceptors (Lipinski definition) is 5. The Morgan fingerprint density at radius 1 is 1.21 bits per heavy atom. The van der Waals surface area contributed by atoms with Crippen LogP contribution in [0.1, 0.15) is 24.2 Å². The van der Waals surface area contributed by atoms with Crippen molar-refractivity contribution in [3.8, 4) is 5.75 Å². The number of non-ortho nitro benzene ring substituents is 1. The van der Waals surface area contributed by atoms with Crippen LogP contribution in [-0.2, 0) is 0 Å². The average Bonchev–Trinajstić information content (AvgIpc) is 2.75. The van der Waals surface area contributed by atoms with Crippen LogP contribution in [0.3, 0.4) is 0 Å². The van der Waals surface area contributed by atoms with Gasteiger partial charge in [0.15, 0.2) is 0 Å². The smallest absolute Gasteiger partial charge is 0.270 e. The minimum Gasteiger partial charge on any atom is -0.492 e. The highest BCUT2D eigenvalue weighted by atomic mass is 16.6. The molecule has 8 nitrogen and oxygen atoms in total. The molecule has 1 amide bonds. The average molecular weight is 399 g/mol. The number of piperazine rings is 1. The van der Waals surface area contributed by atoms with Crippen LogP contribution in [0.2, 0.25) is 0 Å². The molecule has 2 N–H and O–H groups in total. The summed E-state index contributed by atoms with van der Waals surface area (Å²) in [6.07, 6.45) is 0. The molecule has 1 saturated heterocycles. The molecule has 0 aliphatic carbocycles. The Kier molecular flexibility index (Phi) is 6.66. The van der Waals surface area contributed by atoms with Gasteiger partial charge in [0.25, 0.3) is 11.6 Å². The lowest BCUT2D eigenvalue weighted by molar-refractivity contribution is -0.898. The minimum atomic E-state index is -0.478. The third kappa shape index (κ3) is 4.83. The number of nitro benzene ring substituents is 1. The van der Waals surface area contributed by atoms with Gasteiger partial charge in [-0.25, -0.2) is 0 Å². The Bertz CT molecular complexity index is 879. The molecule has 2 aromatic carbocycles. The third-order valence-electron chi connectivity index (χ3n) is 5.18. The van der Waals surface area contributed by atoms with Crippen molar-refractivity contribution in [2.75, 3.05) is 49.5 Å². The van der Waals surface area contributed by atoms with Gasteiger partial charge in [0.2, 0.25) is 0 Å². The number of carbonyl (C=O) groups excluding carboxylic acids is 1. The monoisotopic (exact) mass is 399 g/mol. The zero-order valence-electron chi connectivity index (χ0n) is 16.8. The minimum absolute atomic E-state index is 0.102. The molecule has 0 bridgehead atoms. The van der Waals surface area contributed by atoms with Crippen LogP contribution in [0.15, 0.2) is 42.5 Å². The van der Waals surface area contributed by atoms with E-state index in [1.807, 2.05) is 13.0 Å². The molecule has 2 aromatic rings. The number of rotatable bonds is 7. The van der Waals surface area contributed by atoms with Crippen molar-refractivity contribution in [1.82, 2.24) is 0 Å². The van der Waals surface area contributed by atoms with Crippen LogP contribution in [0.25, 0.3) is 0 Å². The third-order valence-corrected chi connectivity index (χ3v) is 5.18. The van der Waals surface area contributed by atoms with Crippen LogP contribution < -0.4 is 19.9 Å². The van der Waals surface area contributed by atoms with Crippen molar-refractivity contribution >= 4 is 23.0 Å². The van der Waals surface area contributed by atoms with Gasteiger partial charge in [0.1, 0.15) is 5.75 Å². The van der Waals surface area contributed by atoms with E-state index in [0.717, 1.165) is 38.4 Å². The number of likely N-dealkylation sites (N-methyl/N-ethyl adjacent to an activating group) is 1. The maximum absolute atomic E-state index is 13.1. The second-order valence-corrected chi connectivity index (χ2v) is 6.93. The van der Waals surface area contributed by atoms with Gasteiger partial charge in [-0.1, -0.05) is 12.1 Å². The van der Waals surface area contributed by atoms with Crippen molar-refractivity contribution in [2.45, 2.75) is 13.8 Å². The van der Waals surface area contributed by atoms with Crippen LogP contribution in [0.5, 0.6) is 5.75 Å². The number of nitrogens with zero attached hydrogens (tertiary/aromatic N) is 2. The summed E-state index contributed by atoms with van der Waals surface area (Å²) in [7, 11) is 0. The zero-order chi connectivity index (χ0) is 20.8. The van der Waals surface area contributed by atoms with Crippen molar-refractivity contribution in [3.05, 3.63) is 58.1 Å². The van der Waals surface area contributed by atoms with Gasteiger partial charge in [0.05, 0.1) is 61.2 Å². The number of anilines is 2. The van der Waals surface area contributed by atoms with Crippen molar-refractivity contribution in [1.29, 1.82) is 0 Å². The molecular formula is C21H27N4O4+. The SMILES string of the molecule is CCOc1ccccc1NC(=O)c1cc([N+](=O)[O-])ccc1N1CC[NH+](CC)CC1. The van der Waals surface area contributed by atoms with Gasteiger partial charge >= 0.3 is 0 Å². The van der Waals surface area contributed by atoms with E-state index in [4.69, 9.17) is 4.74 Å². The first-order chi connectivity index (χ1) is 14.0. The Labute approximate surface area is 170 Å². The number of ether oxygens (including phenoxy) is 1. The van der Waals surface area contributed by atoms with Gasteiger partial charge in [-0.15, -0.1) is 0 Å². The summed E-state index contributed by atoms with van der Waals surface area (Å²) < 4.78 is 5.57. The number of carbonyl (C=O) groups is 1. The zero-order valence-corrected chi connectivity index (χ0v) is 16.8. The van der Waals surface area contributed by atoms with E-state index in [1.165, 1.54) is 17.0 Å². The first-order valence-corrected chi connectivity index (χ1v) is 9.93. The Hall–Kier alpha value is -3.13. The van der Waals surface area contributed by atoms with Crippen molar-refractivity contribution < 1.29 is 19.4 Å². The normalized spacial score (nSPS) is 14.5. The van der Waals surface area contributed by atoms with Crippen LogP contribution >= 0.6 is 0 Å². The van der Waals surface area contributed by atoms with E-state index in [1.54, 1.807) is 24.3 Å². The van der Waals surface area contributed by atoms with Crippen LogP contribution in [0, 0.1) is 10.1 Å². The fourth-order valence-corrected chi connectivity index (χ4v) is 3.55. The maximum Gasteiger partial charge on any atom is 0.270 e. The summed E-state index contributed by atoms with van der Waals surface area (Å²) in [6.45, 7) is 9.12. The van der Waals surface area contributed by atoms with Crippen LogP contribution in [0.4, 0.5) is 17.1 Å². The van der Waals surface area contributed by atoms with E-state index in [-0.39, 0.29) is 11.6 Å². The molecule has 1 aliphatic rings. The van der Waals surface area contributed by atoms with Gasteiger partial charge in [-0.05, 0) is 32.0 Å². The second kappa shape index (κ2) is 9.38. The van der Waals surface area contributed by atoms with E-state index < -0.39 is 4.92 Å². The molecular weight excluding hydrogens is 372 g/mol. The standard InChI is InChI=1S/C21H26N4O4/c1-3-23-11-13-24(14-12-23)19-10-9-16(25(27)28)15-17(19)21(26)22-18-7-5-6-8-20(18)29-4-2/h5-10,15H,3-4,11-14H2,1-2H3,(H,22,26)/p+1. The van der Waals surface area contributed by atoms with Gasteiger partial charge < -0.3 is 19.9 Å². The van der Waals surface area contributed by atoms with Gasteiger partial charge in [0, 0.05) is 12.1 Å². The molecule has 8 heteroatoms. The highest BCUT2D eigenvalue weighted by molar-refractivity contribution is 6.09. The summed E-state index contributed by atoms with van der Waals surface area (Å²) in [5, 5.41) is 14.1. The lowest BCUT2D eigenvalue weighted by atomic mass is 10.1. The molecule has 0 atom stereocenters. The van der Waals surface area contributed by atoms with Crippen LogP contribution in [-0.4, -0.2) is 50.2 Å². The van der Waals surface area contributed by atoms with E-state index in [2.05, 4.69) is 17.1 Å². The molecule has 0 spiro atoms. The molecule has 0 aromatic heterocycles. The molecule has 1 heterocycles. The summed E-state index contributed by atoms with van der Waals surface area (Å²) in [5.74, 6) is 0.177. The molecule has 1 fully saturated rings. The topological polar surface area (TPSA) is 89.1 Å². The van der Waals surface area contributed by atoms with Crippen molar-refractivity contribution in [3.63, 3.8) is 0 Å². The fourth-order valence-electron chi connectivity index (χ4n) is 3.55. The molecule has 154 valence electrons. The van der Waals surface area contributed by atoms with E-state index in [0.29, 0.717) is 23.6 Å². The summed E-state index contributed by atoms with van der Waals surface area (Å²) in [4.78, 5) is 27.6. The van der Waals surface area contributed by atoms with Crippen molar-refractivity contribution in [2.24, 2.45) is 0 Å². The lowest BCUT2D eigenvalue weighted by Crippen LogP contribution is -3.14. The molecule has 0 radical (unpaired) electrons. The molecule has 3 rings (SSSR count). The predicted octanol–water partition coefficient (Wildman–Crippen LogP) is 1.97. The molecule has 1 aliphatic heterocycles. The fraction of sp³-hybridized carbons (Fsp3) is 0.381. The Balaban J connectivity index is 1.91. The predicted molar refractivity (Wildman–Crippen MR) is 112 cm³/mol. The first kappa shape index (κ1) is 20.6. The van der Waals surface area contributed by atoms with Gasteiger partial charge in [-0.3, -0.25) is 14.9 Å². The van der Waals surface area contributed by atoms with E-state index in [9.17, 15) is 14.9 Å². The quantitative estimate of drug-likeness (QED) is 0.549. The number of nitrogens with one attached hydrogen (secondary N) is 2. The number of para-hydroxylation sites is 2. The number of quaternary nitrogens is 1. The lowest BCUT2D eigenvalue weighted by Gasteiger charge is -2.34. The van der Waals surface area contributed by atoms with Gasteiger partial charge in [-0.2, -0.15) is 0 Å². The van der Waals surface area contributed by atoms with E-state index >= 15 is 0 Å².